The standard InChI is InChI=1S/C15H24N2O3S/c1-3-4-13-9-12(7-8-20-13)17-15-10-14(21(16,18)19)6-5-11(15)2/h5-6,10,12-13,17H,3-4,7-9H2,1-2H3,(H2,16,18,19). The lowest BCUT2D eigenvalue weighted by atomic mass is 9.99. The zero-order valence-electron chi connectivity index (χ0n) is 12.6. The fraction of sp³-hybridized carbons (Fsp3) is 0.600. The predicted molar refractivity (Wildman–Crippen MR) is 83.8 cm³/mol. The molecule has 1 fully saturated rings. The first-order chi connectivity index (χ1) is 9.90. The van der Waals surface area contributed by atoms with Crippen LogP contribution in [0.2, 0.25) is 0 Å². The highest BCUT2D eigenvalue weighted by Gasteiger charge is 2.22. The minimum atomic E-state index is -3.67. The van der Waals surface area contributed by atoms with Crippen LogP contribution in [0.15, 0.2) is 23.1 Å². The van der Waals surface area contributed by atoms with Gasteiger partial charge in [0.05, 0.1) is 11.0 Å². The smallest absolute Gasteiger partial charge is 0.238 e. The van der Waals surface area contributed by atoms with Gasteiger partial charge in [-0.05, 0) is 43.9 Å². The Kier molecular flexibility index (Phi) is 5.24. The maximum atomic E-state index is 11.5. The molecule has 1 aromatic carbocycles. The summed E-state index contributed by atoms with van der Waals surface area (Å²) in [7, 11) is -3.67. The molecule has 118 valence electrons. The summed E-state index contributed by atoms with van der Waals surface area (Å²) in [6.07, 6.45) is 4.35. The molecule has 0 saturated carbocycles. The molecule has 6 heteroatoms. The Hall–Kier alpha value is -1.11. The Morgan fingerprint density at radius 3 is 2.86 bits per heavy atom. The highest BCUT2D eigenvalue weighted by atomic mass is 32.2. The van der Waals surface area contributed by atoms with Gasteiger partial charge < -0.3 is 10.1 Å². The molecule has 2 unspecified atom stereocenters. The van der Waals surface area contributed by atoms with Gasteiger partial charge in [0, 0.05) is 18.3 Å². The second kappa shape index (κ2) is 6.77. The van der Waals surface area contributed by atoms with E-state index in [9.17, 15) is 8.42 Å². The van der Waals surface area contributed by atoms with E-state index in [-0.39, 0.29) is 4.90 Å². The Morgan fingerprint density at radius 2 is 2.19 bits per heavy atom. The minimum absolute atomic E-state index is 0.146. The molecule has 0 bridgehead atoms. The Morgan fingerprint density at radius 1 is 1.43 bits per heavy atom. The number of anilines is 1. The molecule has 2 atom stereocenters. The van der Waals surface area contributed by atoms with Gasteiger partial charge in [-0.1, -0.05) is 19.4 Å². The van der Waals surface area contributed by atoms with Crippen molar-refractivity contribution in [3.05, 3.63) is 23.8 Å². The molecule has 1 aliphatic rings. The van der Waals surface area contributed by atoms with Crippen molar-refractivity contribution in [3.63, 3.8) is 0 Å². The third-order valence-electron chi connectivity index (χ3n) is 3.88. The number of primary sulfonamides is 1. The lowest BCUT2D eigenvalue weighted by molar-refractivity contribution is 0.00597. The molecule has 1 aliphatic heterocycles. The van der Waals surface area contributed by atoms with E-state index >= 15 is 0 Å². The van der Waals surface area contributed by atoms with Gasteiger partial charge in [0.25, 0.3) is 0 Å². The fourth-order valence-electron chi connectivity index (χ4n) is 2.69. The number of hydrogen-bond donors (Lipinski definition) is 2. The SMILES string of the molecule is CCCC1CC(Nc2cc(S(N)(=O)=O)ccc2C)CCO1. The zero-order valence-corrected chi connectivity index (χ0v) is 13.4. The average Bonchev–Trinajstić information content (AvgIpc) is 2.41. The van der Waals surface area contributed by atoms with Crippen molar-refractivity contribution in [2.75, 3.05) is 11.9 Å². The summed E-state index contributed by atoms with van der Waals surface area (Å²) in [6.45, 7) is 4.86. The van der Waals surface area contributed by atoms with Crippen molar-refractivity contribution in [2.24, 2.45) is 5.14 Å². The highest BCUT2D eigenvalue weighted by molar-refractivity contribution is 7.89. The summed E-state index contributed by atoms with van der Waals surface area (Å²) in [4.78, 5) is 0.146. The molecule has 3 N–H and O–H groups in total. The summed E-state index contributed by atoms with van der Waals surface area (Å²) >= 11 is 0. The normalized spacial score (nSPS) is 23.0. The largest absolute Gasteiger partial charge is 0.382 e. The number of benzene rings is 1. The molecule has 0 radical (unpaired) electrons. The number of nitrogens with one attached hydrogen (secondary N) is 1. The van der Waals surface area contributed by atoms with Crippen LogP contribution < -0.4 is 10.5 Å². The Balaban J connectivity index is 2.12. The van der Waals surface area contributed by atoms with E-state index in [0.29, 0.717) is 12.1 Å². The summed E-state index contributed by atoms with van der Waals surface area (Å²) in [6, 6.07) is 5.25. The number of sulfonamides is 1. The second-order valence-corrected chi connectivity index (χ2v) is 7.23. The van der Waals surface area contributed by atoms with Gasteiger partial charge in [-0.2, -0.15) is 0 Å². The summed E-state index contributed by atoms with van der Waals surface area (Å²) in [5, 5.41) is 8.64. The molecule has 0 aliphatic carbocycles. The van der Waals surface area contributed by atoms with Crippen LogP contribution in [0.3, 0.4) is 0 Å². The first-order valence-corrected chi connectivity index (χ1v) is 8.96. The van der Waals surface area contributed by atoms with Gasteiger partial charge in [-0.15, -0.1) is 0 Å². The fourth-order valence-corrected chi connectivity index (χ4v) is 3.23. The van der Waals surface area contributed by atoms with Crippen molar-refractivity contribution in [1.29, 1.82) is 0 Å². The van der Waals surface area contributed by atoms with E-state index in [0.717, 1.165) is 43.5 Å². The number of rotatable bonds is 5. The summed E-state index contributed by atoms with van der Waals surface area (Å²) < 4.78 is 28.7. The van der Waals surface area contributed by atoms with E-state index in [1.807, 2.05) is 6.92 Å². The van der Waals surface area contributed by atoms with Crippen LogP contribution in [0.1, 0.15) is 38.2 Å². The van der Waals surface area contributed by atoms with Gasteiger partial charge in [0.1, 0.15) is 0 Å². The van der Waals surface area contributed by atoms with Crippen LogP contribution >= 0.6 is 0 Å². The third kappa shape index (κ3) is 4.43. The first-order valence-electron chi connectivity index (χ1n) is 7.41. The number of ether oxygens (including phenoxy) is 1. The molecule has 5 nitrogen and oxygen atoms in total. The maximum Gasteiger partial charge on any atom is 0.238 e. The minimum Gasteiger partial charge on any atom is -0.382 e. The van der Waals surface area contributed by atoms with Crippen molar-refractivity contribution in [3.8, 4) is 0 Å². The van der Waals surface area contributed by atoms with E-state index in [4.69, 9.17) is 9.88 Å². The number of nitrogens with two attached hydrogens (primary N) is 1. The topological polar surface area (TPSA) is 81.4 Å². The quantitative estimate of drug-likeness (QED) is 0.875. The van der Waals surface area contributed by atoms with Crippen molar-refractivity contribution in [2.45, 2.75) is 56.6 Å². The van der Waals surface area contributed by atoms with Crippen LogP contribution in [-0.4, -0.2) is 27.2 Å². The van der Waals surface area contributed by atoms with Crippen molar-refractivity contribution in [1.82, 2.24) is 0 Å². The monoisotopic (exact) mass is 312 g/mol. The predicted octanol–water partition coefficient (Wildman–Crippen LogP) is 2.40. The lowest BCUT2D eigenvalue weighted by Gasteiger charge is -2.31. The van der Waals surface area contributed by atoms with Gasteiger partial charge in [0.15, 0.2) is 0 Å². The number of hydrogen-bond acceptors (Lipinski definition) is 4. The highest BCUT2D eigenvalue weighted by Crippen LogP contribution is 2.25. The molecule has 0 aromatic heterocycles. The summed E-state index contributed by atoms with van der Waals surface area (Å²) in [5.41, 5.74) is 1.85. The average molecular weight is 312 g/mol. The molecule has 21 heavy (non-hydrogen) atoms. The van der Waals surface area contributed by atoms with Gasteiger partial charge in [0.2, 0.25) is 10.0 Å². The van der Waals surface area contributed by atoms with Crippen molar-refractivity contribution >= 4 is 15.7 Å². The van der Waals surface area contributed by atoms with E-state index < -0.39 is 10.0 Å². The van der Waals surface area contributed by atoms with Crippen molar-refractivity contribution < 1.29 is 13.2 Å². The van der Waals surface area contributed by atoms with Crippen LogP contribution in [-0.2, 0) is 14.8 Å². The second-order valence-electron chi connectivity index (χ2n) is 5.67. The molecule has 1 saturated heterocycles. The van der Waals surface area contributed by atoms with Gasteiger partial charge in [-0.25, -0.2) is 13.6 Å². The third-order valence-corrected chi connectivity index (χ3v) is 4.79. The Bertz CT molecular complexity index is 585. The molecule has 0 spiro atoms. The lowest BCUT2D eigenvalue weighted by Crippen LogP contribution is -2.34. The molecular formula is C15H24N2O3S. The van der Waals surface area contributed by atoms with Crippen LogP contribution in [0.25, 0.3) is 0 Å². The van der Waals surface area contributed by atoms with E-state index in [1.165, 1.54) is 0 Å². The van der Waals surface area contributed by atoms with Gasteiger partial charge >= 0.3 is 0 Å². The van der Waals surface area contributed by atoms with Crippen LogP contribution in [0.4, 0.5) is 5.69 Å². The Labute approximate surface area is 126 Å². The molecule has 0 amide bonds. The zero-order chi connectivity index (χ0) is 15.5. The van der Waals surface area contributed by atoms with E-state index in [1.54, 1.807) is 18.2 Å². The van der Waals surface area contributed by atoms with E-state index in [2.05, 4.69) is 12.2 Å². The van der Waals surface area contributed by atoms with Crippen LogP contribution in [0, 0.1) is 6.92 Å². The first kappa shape index (κ1) is 16.3. The van der Waals surface area contributed by atoms with Crippen LogP contribution in [0.5, 0.6) is 0 Å². The summed E-state index contributed by atoms with van der Waals surface area (Å²) in [5.74, 6) is 0. The molecular weight excluding hydrogens is 288 g/mol. The number of aryl methyl sites for hydroxylation is 1. The molecule has 1 heterocycles. The molecule has 2 rings (SSSR count). The van der Waals surface area contributed by atoms with Gasteiger partial charge in [-0.3, -0.25) is 0 Å². The molecule has 1 aromatic rings. The maximum absolute atomic E-state index is 11.5.